The Morgan fingerprint density at radius 1 is 1.26 bits per heavy atom. The maximum absolute atomic E-state index is 11.1. The zero-order valence-corrected chi connectivity index (χ0v) is 12.2. The second kappa shape index (κ2) is 7.09. The van der Waals surface area contributed by atoms with Crippen molar-refractivity contribution in [2.75, 3.05) is 39.1 Å². The van der Waals surface area contributed by atoms with Gasteiger partial charge < -0.3 is 14.9 Å². The Hall–Kier alpha value is -1.62. The Bertz CT molecular complexity index is 433. The molecule has 1 heterocycles. The minimum absolute atomic E-state index is 0.310. The van der Waals surface area contributed by atoms with Gasteiger partial charge in [-0.3, -0.25) is 0 Å². The number of aryl methyl sites for hydroxylation is 1. The van der Waals surface area contributed by atoms with Crippen molar-refractivity contribution in [3.8, 4) is 0 Å². The molecule has 1 N–H and O–H groups in total. The molecule has 0 saturated carbocycles. The lowest BCUT2D eigenvalue weighted by Crippen LogP contribution is -2.29. The third kappa shape index (κ3) is 4.87. The Morgan fingerprint density at radius 3 is 2.47 bits per heavy atom. The van der Waals surface area contributed by atoms with E-state index in [-0.39, 0.29) is 0 Å². The third-order valence-electron chi connectivity index (χ3n) is 2.89. The number of pyridine rings is 1. The molecule has 19 heavy (non-hydrogen) atoms. The summed E-state index contributed by atoms with van der Waals surface area (Å²) < 4.78 is 0. The molecule has 0 bridgehead atoms. The average Bonchev–Trinajstić information content (AvgIpc) is 2.35. The number of carbonyl (C=O) groups is 1. The standard InChI is InChI=1S/C14H23N3O2/c1-5-6-12-9-11(14(18)19)10-13(15-12)17(4)8-7-16(2)3/h9-10H,5-8H2,1-4H3,(H,18,19). The summed E-state index contributed by atoms with van der Waals surface area (Å²) in [5, 5.41) is 9.15. The zero-order valence-electron chi connectivity index (χ0n) is 12.2. The predicted molar refractivity (Wildman–Crippen MR) is 77.0 cm³/mol. The monoisotopic (exact) mass is 265 g/mol. The molecule has 106 valence electrons. The van der Waals surface area contributed by atoms with Crippen LogP contribution in [0.5, 0.6) is 0 Å². The smallest absolute Gasteiger partial charge is 0.335 e. The summed E-state index contributed by atoms with van der Waals surface area (Å²) in [5.41, 5.74) is 1.15. The highest BCUT2D eigenvalue weighted by molar-refractivity contribution is 5.88. The Kier molecular flexibility index (Phi) is 5.76. The SMILES string of the molecule is CCCc1cc(C(=O)O)cc(N(C)CCN(C)C)n1. The van der Waals surface area contributed by atoms with Crippen molar-refractivity contribution in [3.05, 3.63) is 23.4 Å². The molecule has 0 spiro atoms. The van der Waals surface area contributed by atoms with Gasteiger partial charge in [0.1, 0.15) is 5.82 Å². The Balaban J connectivity index is 2.94. The lowest BCUT2D eigenvalue weighted by atomic mass is 10.1. The number of likely N-dealkylation sites (N-methyl/N-ethyl adjacent to an activating group) is 2. The van der Waals surface area contributed by atoms with E-state index in [9.17, 15) is 4.79 Å². The highest BCUT2D eigenvalue weighted by Gasteiger charge is 2.11. The first-order valence-corrected chi connectivity index (χ1v) is 6.54. The summed E-state index contributed by atoms with van der Waals surface area (Å²) in [5.74, 6) is -0.174. The molecule has 0 amide bonds. The topological polar surface area (TPSA) is 56.7 Å². The first kappa shape index (κ1) is 15.4. The van der Waals surface area contributed by atoms with Crippen molar-refractivity contribution in [1.82, 2.24) is 9.88 Å². The molecule has 0 aliphatic carbocycles. The molecular formula is C14H23N3O2. The Morgan fingerprint density at radius 2 is 1.95 bits per heavy atom. The number of aromatic carboxylic acids is 1. The largest absolute Gasteiger partial charge is 0.478 e. The van der Waals surface area contributed by atoms with Crippen LogP contribution in [0, 0.1) is 0 Å². The van der Waals surface area contributed by atoms with Crippen LogP contribution in [0.4, 0.5) is 5.82 Å². The van der Waals surface area contributed by atoms with Gasteiger partial charge in [0.15, 0.2) is 0 Å². The summed E-state index contributed by atoms with van der Waals surface area (Å²) in [6, 6.07) is 3.30. The molecule has 1 aromatic rings. The van der Waals surface area contributed by atoms with Crippen molar-refractivity contribution in [3.63, 3.8) is 0 Å². The predicted octanol–water partition coefficient (Wildman–Crippen LogP) is 1.73. The van der Waals surface area contributed by atoms with E-state index in [4.69, 9.17) is 5.11 Å². The van der Waals surface area contributed by atoms with Crippen LogP contribution < -0.4 is 4.90 Å². The summed E-state index contributed by atoms with van der Waals surface area (Å²) in [4.78, 5) is 19.8. The molecule has 1 rings (SSSR count). The normalized spacial score (nSPS) is 10.8. The van der Waals surface area contributed by atoms with E-state index >= 15 is 0 Å². The quantitative estimate of drug-likeness (QED) is 0.813. The third-order valence-corrected chi connectivity index (χ3v) is 2.89. The fourth-order valence-corrected chi connectivity index (χ4v) is 1.74. The van der Waals surface area contributed by atoms with Crippen LogP contribution in [0.3, 0.4) is 0 Å². The number of nitrogens with zero attached hydrogens (tertiary/aromatic N) is 3. The van der Waals surface area contributed by atoms with E-state index in [0.717, 1.165) is 37.4 Å². The number of rotatable bonds is 7. The molecule has 5 heteroatoms. The van der Waals surface area contributed by atoms with Gasteiger partial charge in [0, 0.05) is 25.8 Å². The van der Waals surface area contributed by atoms with Crippen LogP contribution in [-0.2, 0) is 6.42 Å². The van der Waals surface area contributed by atoms with Crippen LogP contribution in [0.25, 0.3) is 0 Å². The van der Waals surface area contributed by atoms with Gasteiger partial charge in [-0.2, -0.15) is 0 Å². The van der Waals surface area contributed by atoms with Crippen molar-refractivity contribution in [2.45, 2.75) is 19.8 Å². The highest BCUT2D eigenvalue weighted by atomic mass is 16.4. The second-order valence-electron chi connectivity index (χ2n) is 4.99. The minimum atomic E-state index is -0.901. The van der Waals surface area contributed by atoms with Gasteiger partial charge in [-0.1, -0.05) is 13.3 Å². The fraction of sp³-hybridized carbons (Fsp3) is 0.571. The number of hydrogen-bond donors (Lipinski definition) is 1. The van der Waals surface area contributed by atoms with Crippen LogP contribution in [0.1, 0.15) is 29.4 Å². The maximum Gasteiger partial charge on any atom is 0.335 e. The molecule has 0 aliphatic rings. The average molecular weight is 265 g/mol. The second-order valence-corrected chi connectivity index (χ2v) is 4.99. The summed E-state index contributed by atoms with van der Waals surface area (Å²) in [6.45, 7) is 3.78. The van der Waals surface area contributed by atoms with E-state index in [2.05, 4.69) is 16.8 Å². The van der Waals surface area contributed by atoms with E-state index < -0.39 is 5.97 Å². The zero-order chi connectivity index (χ0) is 14.4. The highest BCUT2D eigenvalue weighted by Crippen LogP contribution is 2.15. The summed E-state index contributed by atoms with van der Waals surface area (Å²) in [7, 11) is 5.96. The van der Waals surface area contributed by atoms with Crippen LogP contribution in [0.15, 0.2) is 12.1 Å². The molecule has 0 unspecified atom stereocenters. The number of carboxylic acid groups (broad SMARTS) is 1. The molecular weight excluding hydrogens is 242 g/mol. The number of aromatic nitrogens is 1. The first-order chi connectivity index (χ1) is 8.93. The van der Waals surface area contributed by atoms with Crippen molar-refractivity contribution < 1.29 is 9.90 Å². The molecule has 0 atom stereocenters. The van der Waals surface area contributed by atoms with Gasteiger partial charge in [0.05, 0.1) is 5.56 Å². The van der Waals surface area contributed by atoms with Crippen molar-refractivity contribution >= 4 is 11.8 Å². The van der Waals surface area contributed by atoms with Gasteiger partial charge >= 0.3 is 5.97 Å². The van der Waals surface area contributed by atoms with Crippen LogP contribution in [0.2, 0.25) is 0 Å². The Labute approximate surface area is 114 Å². The van der Waals surface area contributed by atoms with E-state index in [0.29, 0.717) is 5.56 Å². The molecule has 0 fully saturated rings. The van der Waals surface area contributed by atoms with Crippen molar-refractivity contribution in [1.29, 1.82) is 0 Å². The lowest BCUT2D eigenvalue weighted by molar-refractivity contribution is 0.0696. The number of hydrogen-bond acceptors (Lipinski definition) is 4. The van der Waals surface area contributed by atoms with Crippen LogP contribution in [-0.4, -0.2) is 55.2 Å². The molecule has 1 aromatic heterocycles. The maximum atomic E-state index is 11.1. The first-order valence-electron chi connectivity index (χ1n) is 6.54. The van der Waals surface area contributed by atoms with Crippen molar-refractivity contribution in [2.24, 2.45) is 0 Å². The van der Waals surface area contributed by atoms with Gasteiger partial charge in [0.25, 0.3) is 0 Å². The molecule has 0 radical (unpaired) electrons. The summed E-state index contributed by atoms with van der Waals surface area (Å²) >= 11 is 0. The fourth-order valence-electron chi connectivity index (χ4n) is 1.74. The number of carboxylic acids is 1. The van der Waals surface area contributed by atoms with Gasteiger partial charge in [-0.25, -0.2) is 9.78 Å². The van der Waals surface area contributed by atoms with E-state index in [1.807, 2.05) is 26.0 Å². The summed E-state index contributed by atoms with van der Waals surface area (Å²) in [6.07, 6.45) is 1.76. The molecule has 5 nitrogen and oxygen atoms in total. The lowest BCUT2D eigenvalue weighted by Gasteiger charge is -2.21. The minimum Gasteiger partial charge on any atom is -0.478 e. The van der Waals surface area contributed by atoms with Crippen LogP contribution >= 0.6 is 0 Å². The van der Waals surface area contributed by atoms with Gasteiger partial charge in [-0.15, -0.1) is 0 Å². The molecule has 0 aliphatic heterocycles. The number of anilines is 1. The van der Waals surface area contributed by atoms with E-state index in [1.165, 1.54) is 0 Å². The van der Waals surface area contributed by atoms with Gasteiger partial charge in [0.2, 0.25) is 0 Å². The van der Waals surface area contributed by atoms with Gasteiger partial charge in [-0.05, 0) is 32.6 Å². The molecule has 0 saturated heterocycles. The van der Waals surface area contributed by atoms with E-state index in [1.54, 1.807) is 12.1 Å². The molecule has 0 aromatic carbocycles.